The van der Waals surface area contributed by atoms with E-state index in [0.29, 0.717) is 23.5 Å². The van der Waals surface area contributed by atoms with Crippen molar-refractivity contribution in [1.82, 2.24) is 15.5 Å². The number of carbonyl (C=O) groups excluding carboxylic acids is 3. The normalized spacial score (nSPS) is 21.9. The lowest BCUT2D eigenvalue weighted by Gasteiger charge is -2.33. The molecule has 1 saturated carbocycles. The summed E-state index contributed by atoms with van der Waals surface area (Å²) in [7, 11) is 0. The van der Waals surface area contributed by atoms with Gasteiger partial charge in [-0.25, -0.2) is 4.39 Å². The van der Waals surface area contributed by atoms with E-state index >= 15 is 0 Å². The summed E-state index contributed by atoms with van der Waals surface area (Å²) in [6.07, 6.45) is 4.84. The molecule has 0 radical (unpaired) electrons. The van der Waals surface area contributed by atoms with Gasteiger partial charge in [0.15, 0.2) is 0 Å². The molecule has 0 spiro atoms. The highest BCUT2D eigenvalue weighted by molar-refractivity contribution is 5.98. The highest BCUT2D eigenvalue weighted by atomic mass is 19.1. The number of hydrogen-bond acceptors (Lipinski definition) is 3. The van der Waals surface area contributed by atoms with Crippen molar-refractivity contribution in [2.24, 2.45) is 5.92 Å². The fourth-order valence-corrected chi connectivity index (χ4v) is 5.03. The summed E-state index contributed by atoms with van der Waals surface area (Å²) in [5.41, 5.74) is 1.31. The van der Waals surface area contributed by atoms with Gasteiger partial charge in [-0.1, -0.05) is 37.1 Å². The minimum Gasteiger partial charge on any atom is -0.353 e. The van der Waals surface area contributed by atoms with Crippen LogP contribution in [0.2, 0.25) is 0 Å². The Morgan fingerprint density at radius 1 is 0.970 bits per heavy atom. The summed E-state index contributed by atoms with van der Waals surface area (Å²) in [6, 6.07) is 13.0. The molecule has 1 saturated heterocycles. The summed E-state index contributed by atoms with van der Waals surface area (Å²) in [4.78, 5) is 40.4. The Morgan fingerprint density at radius 2 is 1.70 bits per heavy atom. The SMILES string of the molecule is Cc1ccc(C(=O)NCCNC(=O)C2CC3CCCCC3N2C(=O)c2ccccc2)cc1F. The fourth-order valence-electron chi connectivity index (χ4n) is 5.03. The minimum atomic E-state index is -0.507. The van der Waals surface area contributed by atoms with E-state index in [-0.39, 0.29) is 36.5 Å². The molecule has 6 nitrogen and oxygen atoms in total. The number of aryl methyl sites for hydroxylation is 1. The van der Waals surface area contributed by atoms with E-state index in [1.165, 1.54) is 6.07 Å². The Kier molecular flexibility index (Phi) is 7.06. The largest absolute Gasteiger partial charge is 0.353 e. The van der Waals surface area contributed by atoms with Gasteiger partial charge in [0.25, 0.3) is 11.8 Å². The van der Waals surface area contributed by atoms with E-state index in [1.54, 1.807) is 36.1 Å². The number of halogens is 1. The number of amides is 3. The zero-order chi connectivity index (χ0) is 23.4. The van der Waals surface area contributed by atoms with Gasteiger partial charge in [-0.15, -0.1) is 0 Å². The summed E-state index contributed by atoms with van der Waals surface area (Å²) in [6.45, 7) is 2.09. The maximum absolute atomic E-state index is 13.7. The first-order chi connectivity index (χ1) is 16.0. The van der Waals surface area contributed by atoms with Gasteiger partial charge in [-0.2, -0.15) is 0 Å². The summed E-state index contributed by atoms with van der Waals surface area (Å²) in [5, 5.41) is 5.58. The molecule has 7 heteroatoms. The van der Waals surface area contributed by atoms with Crippen LogP contribution in [0, 0.1) is 18.7 Å². The van der Waals surface area contributed by atoms with Crippen LogP contribution in [-0.2, 0) is 4.79 Å². The molecular formula is C26H30FN3O3. The third-order valence-corrected chi connectivity index (χ3v) is 6.79. The second kappa shape index (κ2) is 10.1. The number of rotatable bonds is 6. The second-order valence-electron chi connectivity index (χ2n) is 8.95. The monoisotopic (exact) mass is 451 g/mol. The van der Waals surface area contributed by atoms with Crippen LogP contribution in [0.3, 0.4) is 0 Å². The van der Waals surface area contributed by atoms with Gasteiger partial charge in [0.2, 0.25) is 5.91 Å². The summed E-state index contributed by atoms with van der Waals surface area (Å²) in [5.74, 6) is -0.764. The Bertz CT molecular complexity index is 1030. The first-order valence-electron chi connectivity index (χ1n) is 11.7. The van der Waals surface area contributed by atoms with Crippen molar-refractivity contribution >= 4 is 17.7 Å². The van der Waals surface area contributed by atoms with E-state index in [4.69, 9.17) is 0 Å². The molecule has 1 heterocycles. The number of nitrogens with one attached hydrogen (secondary N) is 2. The third-order valence-electron chi connectivity index (χ3n) is 6.79. The molecule has 4 rings (SSSR count). The van der Waals surface area contributed by atoms with E-state index in [2.05, 4.69) is 10.6 Å². The van der Waals surface area contributed by atoms with Crippen molar-refractivity contribution in [2.75, 3.05) is 13.1 Å². The molecule has 33 heavy (non-hydrogen) atoms. The molecule has 0 aromatic heterocycles. The van der Waals surface area contributed by atoms with Crippen molar-refractivity contribution in [3.05, 3.63) is 71.0 Å². The van der Waals surface area contributed by atoms with Crippen LogP contribution >= 0.6 is 0 Å². The van der Waals surface area contributed by atoms with Gasteiger partial charge in [-0.05, 0) is 61.9 Å². The van der Waals surface area contributed by atoms with Crippen molar-refractivity contribution in [1.29, 1.82) is 0 Å². The zero-order valence-corrected chi connectivity index (χ0v) is 18.9. The molecule has 3 unspecified atom stereocenters. The number of fused-ring (bicyclic) bond motifs is 1. The maximum Gasteiger partial charge on any atom is 0.254 e. The molecule has 3 atom stereocenters. The van der Waals surface area contributed by atoms with Crippen LogP contribution in [-0.4, -0.2) is 47.8 Å². The lowest BCUT2D eigenvalue weighted by Crippen LogP contribution is -2.50. The molecule has 2 aromatic rings. The molecular weight excluding hydrogens is 421 g/mol. The predicted molar refractivity (Wildman–Crippen MR) is 123 cm³/mol. The van der Waals surface area contributed by atoms with E-state index in [9.17, 15) is 18.8 Å². The lowest BCUT2D eigenvalue weighted by molar-refractivity contribution is -0.125. The van der Waals surface area contributed by atoms with Crippen molar-refractivity contribution < 1.29 is 18.8 Å². The molecule has 2 N–H and O–H groups in total. The van der Waals surface area contributed by atoms with Gasteiger partial charge in [-0.3, -0.25) is 14.4 Å². The number of carbonyl (C=O) groups is 3. The van der Waals surface area contributed by atoms with Crippen LogP contribution in [0.15, 0.2) is 48.5 Å². The highest BCUT2D eigenvalue weighted by Gasteiger charge is 2.47. The minimum absolute atomic E-state index is 0.0957. The fraction of sp³-hybridized carbons (Fsp3) is 0.423. The standard InChI is InChI=1S/C26H30FN3O3/c1-17-11-12-20(15-21(17)27)24(31)28-13-14-29-25(32)23-16-19-9-5-6-10-22(19)30(23)26(33)18-7-3-2-4-8-18/h2-4,7-8,11-12,15,19,22-23H,5-6,9-10,13-14,16H2,1H3,(H,28,31)(H,29,32). The quantitative estimate of drug-likeness (QED) is 0.661. The highest BCUT2D eigenvalue weighted by Crippen LogP contribution is 2.40. The topological polar surface area (TPSA) is 78.5 Å². The maximum atomic E-state index is 13.7. The smallest absolute Gasteiger partial charge is 0.254 e. The Labute approximate surface area is 193 Å². The Balaban J connectivity index is 1.36. The number of likely N-dealkylation sites (tertiary alicyclic amines) is 1. The van der Waals surface area contributed by atoms with Gasteiger partial charge >= 0.3 is 0 Å². The van der Waals surface area contributed by atoms with Crippen molar-refractivity contribution in [2.45, 2.75) is 51.1 Å². The number of hydrogen-bond donors (Lipinski definition) is 2. The zero-order valence-electron chi connectivity index (χ0n) is 18.9. The van der Waals surface area contributed by atoms with Crippen LogP contribution in [0.25, 0.3) is 0 Å². The first-order valence-corrected chi connectivity index (χ1v) is 11.7. The molecule has 2 fully saturated rings. The molecule has 1 aliphatic carbocycles. The van der Waals surface area contributed by atoms with Crippen LogP contribution in [0.1, 0.15) is 58.4 Å². The van der Waals surface area contributed by atoms with Crippen molar-refractivity contribution in [3.63, 3.8) is 0 Å². The summed E-state index contributed by atoms with van der Waals surface area (Å²) < 4.78 is 13.7. The molecule has 1 aliphatic heterocycles. The summed E-state index contributed by atoms with van der Waals surface area (Å²) >= 11 is 0. The second-order valence-corrected chi connectivity index (χ2v) is 8.95. The predicted octanol–water partition coefficient (Wildman–Crippen LogP) is 3.45. The van der Waals surface area contributed by atoms with Gasteiger partial charge < -0.3 is 15.5 Å². The molecule has 3 amide bonds. The average molecular weight is 452 g/mol. The van der Waals surface area contributed by atoms with E-state index < -0.39 is 17.8 Å². The number of nitrogens with zero attached hydrogens (tertiary/aromatic N) is 1. The third kappa shape index (κ3) is 5.07. The molecule has 2 aromatic carbocycles. The van der Waals surface area contributed by atoms with Crippen LogP contribution < -0.4 is 10.6 Å². The number of benzene rings is 2. The van der Waals surface area contributed by atoms with E-state index in [0.717, 1.165) is 25.7 Å². The molecule has 0 bridgehead atoms. The van der Waals surface area contributed by atoms with Crippen molar-refractivity contribution in [3.8, 4) is 0 Å². The van der Waals surface area contributed by atoms with Gasteiger partial charge in [0.05, 0.1) is 0 Å². The average Bonchev–Trinajstić information content (AvgIpc) is 3.23. The Hall–Kier alpha value is -3.22. The van der Waals surface area contributed by atoms with E-state index in [1.807, 2.05) is 18.2 Å². The van der Waals surface area contributed by atoms with Crippen LogP contribution in [0.4, 0.5) is 4.39 Å². The molecule has 2 aliphatic rings. The van der Waals surface area contributed by atoms with Gasteiger partial charge in [0, 0.05) is 30.3 Å². The first kappa shape index (κ1) is 23.0. The van der Waals surface area contributed by atoms with Crippen LogP contribution in [0.5, 0.6) is 0 Å². The Morgan fingerprint density at radius 3 is 2.45 bits per heavy atom. The van der Waals surface area contributed by atoms with Gasteiger partial charge in [0.1, 0.15) is 11.9 Å². The molecule has 174 valence electrons. The lowest BCUT2D eigenvalue weighted by atomic mass is 9.84.